The first-order chi connectivity index (χ1) is 12.9. The Bertz CT molecular complexity index is 1040. The van der Waals surface area contributed by atoms with E-state index in [-0.39, 0.29) is 25.4 Å². The van der Waals surface area contributed by atoms with Crippen molar-refractivity contribution >= 4 is 28.9 Å². The van der Waals surface area contributed by atoms with Crippen molar-refractivity contribution in [3.05, 3.63) is 45.9 Å². The fourth-order valence-corrected chi connectivity index (χ4v) is 2.80. The molecule has 0 bridgehead atoms. The number of carboxylic acid groups (broad SMARTS) is 1. The standard InChI is InChI=1S/C17H20N6O4/c1-22(5-6-24)16-20-14(18)13-15(21-16)23(17(27)19-13)9-11-4-2-3-10(7-11)8-12(25)26/h2-4,7,24H,5-6,8-9H2,1H3,(H,19,27)(H,25,26)(H2,18,20,21). The smallest absolute Gasteiger partial charge is 0.328 e. The number of anilines is 2. The van der Waals surface area contributed by atoms with Crippen LogP contribution < -0.4 is 16.3 Å². The van der Waals surface area contributed by atoms with Crippen molar-refractivity contribution in [1.29, 1.82) is 0 Å². The van der Waals surface area contributed by atoms with Gasteiger partial charge in [0, 0.05) is 13.6 Å². The first-order valence-electron chi connectivity index (χ1n) is 8.26. The maximum absolute atomic E-state index is 12.4. The van der Waals surface area contributed by atoms with E-state index < -0.39 is 11.7 Å². The number of nitrogens with zero attached hydrogens (tertiary/aromatic N) is 4. The Morgan fingerprint density at radius 2 is 2.07 bits per heavy atom. The Morgan fingerprint density at radius 3 is 2.78 bits per heavy atom. The summed E-state index contributed by atoms with van der Waals surface area (Å²) in [5, 5.41) is 18.0. The normalized spacial score (nSPS) is 11.0. The molecule has 27 heavy (non-hydrogen) atoms. The number of aliphatic carboxylic acids is 1. The molecule has 2 heterocycles. The molecule has 0 aliphatic rings. The fourth-order valence-electron chi connectivity index (χ4n) is 2.80. The minimum absolute atomic E-state index is 0.0753. The number of aromatic nitrogens is 4. The van der Waals surface area contributed by atoms with Crippen LogP contribution >= 0.6 is 0 Å². The van der Waals surface area contributed by atoms with Gasteiger partial charge in [-0.2, -0.15) is 9.97 Å². The molecule has 0 saturated heterocycles. The quantitative estimate of drug-likeness (QED) is 0.445. The Hall–Kier alpha value is -3.40. The van der Waals surface area contributed by atoms with Gasteiger partial charge in [0.2, 0.25) is 5.95 Å². The Kier molecular flexibility index (Phi) is 5.08. The third-order valence-electron chi connectivity index (χ3n) is 4.10. The molecule has 1 aromatic carbocycles. The molecule has 3 aromatic rings. The lowest BCUT2D eigenvalue weighted by atomic mass is 10.1. The van der Waals surface area contributed by atoms with Crippen molar-refractivity contribution in [2.45, 2.75) is 13.0 Å². The Morgan fingerprint density at radius 1 is 1.33 bits per heavy atom. The molecule has 3 rings (SSSR count). The number of imidazole rings is 1. The summed E-state index contributed by atoms with van der Waals surface area (Å²) in [6, 6.07) is 7.01. The molecular weight excluding hydrogens is 352 g/mol. The van der Waals surface area contributed by atoms with E-state index in [0.717, 1.165) is 5.56 Å². The molecule has 0 amide bonds. The zero-order valence-electron chi connectivity index (χ0n) is 14.7. The van der Waals surface area contributed by atoms with Gasteiger partial charge < -0.3 is 25.8 Å². The van der Waals surface area contributed by atoms with Crippen LogP contribution in [0.4, 0.5) is 11.8 Å². The van der Waals surface area contributed by atoms with Crippen LogP contribution in [0.15, 0.2) is 29.1 Å². The minimum Gasteiger partial charge on any atom is -0.481 e. The zero-order chi connectivity index (χ0) is 19.6. The summed E-state index contributed by atoms with van der Waals surface area (Å²) in [6.07, 6.45) is -0.0954. The number of rotatable bonds is 7. The maximum atomic E-state index is 12.4. The monoisotopic (exact) mass is 372 g/mol. The highest BCUT2D eigenvalue weighted by atomic mass is 16.4. The predicted molar refractivity (Wildman–Crippen MR) is 99.8 cm³/mol. The fraction of sp³-hybridized carbons (Fsp3) is 0.294. The number of aromatic amines is 1. The molecule has 0 aliphatic carbocycles. The van der Waals surface area contributed by atoms with Crippen LogP contribution in [0.5, 0.6) is 0 Å². The van der Waals surface area contributed by atoms with E-state index in [0.29, 0.717) is 29.2 Å². The van der Waals surface area contributed by atoms with Crippen LogP contribution in [0.3, 0.4) is 0 Å². The van der Waals surface area contributed by atoms with Gasteiger partial charge in [-0.05, 0) is 11.1 Å². The number of hydrogen-bond donors (Lipinski definition) is 4. The highest BCUT2D eigenvalue weighted by molar-refractivity contribution is 5.83. The van der Waals surface area contributed by atoms with Gasteiger partial charge in [-0.1, -0.05) is 24.3 Å². The molecule has 2 aromatic heterocycles. The van der Waals surface area contributed by atoms with Crippen LogP contribution in [0.25, 0.3) is 11.2 Å². The van der Waals surface area contributed by atoms with Crippen molar-refractivity contribution in [3.63, 3.8) is 0 Å². The molecule has 0 unspecified atom stereocenters. The number of carboxylic acids is 1. The molecule has 10 nitrogen and oxygen atoms in total. The number of nitrogen functional groups attached to an aromatic ring is 1. The summed E-state index contributed by atoms with van der Waals surface area (Å²) in [4.78, 5) is 36.2. The summed E-state index contributed by atoms with van der Waals surface area (Å²) in [5.41, 5.74) is 7.65. The van der Waals surface area contributed by atoms with Gasteiger partial charge in [-0.3, -0.25) is 9.36 Å². The summed E-state index contributed by atoms with van der Waals surface area (Å²) in [5.74, 6) is -0.495. The van der Waals surface area contributed by atoms with E-state index in [4.69, 9.17) is 15.9 Å². The number of nitrogens with two attached hydrogens (primary N) is 1. The number of likely N-dealkylation sites (N-methyl/N-ethyl adjacent to an activating group) is 1. The predicted octanol–water partition coefficient (Wildman–Crippen LogP) is -0.194. The number of benzene rings is 1. The van der Waals surface area contributed by atoms with Crippen molar-refractivity contribution in [3.8, 4) is 0 Å². The van der Waals surface area contributed by atoms with Gasteiger partial charge in [0.05, 0.1) is 19.6 Å². The first-order valence-corrected chi connectivity index (χ1v) is 8.26. The third kappa shape index (κ3) is 3.90. The van der Waals surface area contributed by atoms with Gasteiger partial charge in [0.25, 0.3) is 0 Å². The lowest BCUT2D eigenvalue weighted by molar-refractivity contribution is -0.136. The zero-order valence-corrected chi connectivity index (χ0v) is 14.7. The second-order valence-electron chi connectivity index (χ2n) is 6.16. The van der Waals surface area contributed by atoms with Crippen LogP contribution in [0, 0.1) is 0 Å². The van der Waals surface area contributed by atoms with Crippen LogP contribution in [0.1, 0.15) is 11.1 Å². The summed E-state index contributed by atoms with van der Waals surface area (Å²) >= 11 is 0. The average molecular weight is 372 g/mol. The summed E-state index contributed by atoms with van der Waals surface area (Å²) in [6.45, 7) is 0.441. The minimum atomic E-state index is -0.923. The van der Waals surface area contributed by atoms with Crippen LogP contribution in [-0.2, 0) is 17.8 Å². The van der Waals surface area contributed by atoms with E-state index in [9.17, 15) is 9.59 Å². The second kappa shape index (κ2) is 7.46. The average Bonchev–Trinajstić information content (AvgIpc) is 2.91. The van der Waals surface area contributed by atoms with E-state index in [1.54, 1.807) is 36.2 Å². The number of hydrogen-bond acceptors (Lipinski definition) is 7. The van der Waals surface area contributed by atoms with Crippen molar-refractivity contribution < 1.29 is 15.0 Å². The topological polar surface area (TPSA) is 150 Å². The number of aliphatic hydroxyl groups is 1. The van der Waals surface area contributed by atoms with Crippen molar-refractivity contribution in [1.82, 2.24) is 19.5 Å². The lowest BCUT2D eigenvalue weighted by Gasteiger charge is -2.16. The number of nitrogens with one attached hydrogen (secondary N) is 1. The van der Waals surface area contributed by atoms with Crippen molar-refractivity contribution in [2.75, 3.05) is 30.8 Å². The molecule has 0 spiro atoms. The number of fused-ring (bicyclic) bond motifs is 1. The lowest BCUT2D eigenvalue weighted by Crippen LogP contribution is -2.24. The number of carbonyl (C=O) groups is 1. The number of aliphatic hydroxyl groups excluding tert-OH is 1. The van der Waals surface area contributed by atoms with Gasteiger partial charge >= 0.3 is 11.7 Å². The Labute approximate surface area is 153 Å². The second-order valence-corrected chi connectivity index (χ2v) is 6.16. The van der Waals surface area contributed by atoms with E-state index in [1.807, 2.05) is 0 Å². The van der Waals surface area contributed by atoms with E-state index in [2.05, 4.69) is 15.0 Å². The van der Waals surface area contributed by atoms with E-state index in [1.165, 1.54) is 4.57 Å². The molecule has 142 valence electrons. The molecule has 10 heteroatoms. The number of H-pyrrole nitrogens is 1. The molecule has 5 N–H and O–H groups in total. The molecule has 0 atom stereocenters. The largest absolute Gasteiger partial charge is 0.481 e. The van der Waals surface area contributed by atoms with Crippen LogP contribution in [0.2, 0.25) is 0 Å². The maximum Gasteiger partial charge on any atom is 0.328 e. The summed E-state index contributed by atoms with van der Waals surface area (Å²) in [7, 11) is 1.71. The molecular formula is C17H20N6O4. The SMILES string of the molecule is CN(CCO)c1nc(N)c2[nH]c(=O)n(Cc3cccc(CC(=O)O)c3)c2n1. The molecule has 0 radical (unpaired) electrons. The summed E-state index contributed by atoms with van der Waals surface area (Å²) < 4.78 is 1.42. The highest BCUT2D eigenvalue weighted by Crippen LogP contribution is 2.19. The molecule has 0 saturated carbocycles. The van der Waals surface area contributed by atoms with Crippen LogP contribution in [-0.4, -0.2) is 55.9 Å². The Balaban J connectivity index is 2.02. The first kappa shape index (κ1) is 18.4. The van der Waals surface area contributed by atoms with E-state index >= 15 is 0 Å². The highest BCUT2D eigenvalue weighted by Gasteiger charge is 2.16. The van der Waals surface area contributed by atoms with Gasteiger partial charge in [-0.15, -0.1) is 0 Å². The molecule has 0 fully saturated rings. The van der Waals surface area contributed by atoms with Gasteiger partial charge in [0.15, 0.2) is 11.5 Å². The van der Waals surface area contributed by atoms with Crippen molar-refractivity contribution in [2.24, 2.45) is 0 Å². The third-order valence-corrected chi connectivity index (χ3v) is 4.10. The molecule has 0 aliphatic heterocycles. The van der Waals surface area contributed by atoms with Gasteiger partial charge in [0.1, 0.15) is 5.52 Å². The van der Waals surface area contributed by atoms with Gasteiger partial charge in [-0.25, -0.2) is 4.79 Å².